The fraction of sp³-hybridized carbons (Fsp3) is 0.320. The summed E-state index contributed by atoms with van der Waals surface area (Å²) in [6, 6.07) is 15.5. The van der Waals surface area contributed by atoms with Crippen molar-refractivity contribution in [2.45, 2.75) is 13.0 Å². The number of hydrogen-bond donors (Lipinski definition) is 0. The van der Waals surface area contributed by atoms with Gasteiger partial charge in [-0.2, -0.15) is 4.98 Å². The molecule has 2 aliphatic heterocycles. The van der Waals surface area contributed by atoms with Gasteiger partial charge in [0.2, 0.25) is 11.8 Å². The number of piperazine rings is 1. The van der Waals surface area contributed by atoms with Crippen molar-refractivity contribution in [3.63, 3.8) is 0 Å². The van der Waals surface area contributed by atoms with E-state index in [1.165, 1.54) is 6.07 Å². The summed E-state index contributed by atoms with van der Waals surface area (Å²) in [4.78, 5) is 28.8. The molecule has 0 aliphatic carbocycles. The number of rotatable bonds is 4. The number of hydrogen-bond acceptors (Lipinski definition) is 6. The Labute approximate surface area is 192 Å². The molecule has 1 aromatic heterocycles. The molecule has 0 bridgehead atoms. The quantitative estimate of drug-likeness (QED) is 0.611. The lowest BCUT2D eigenvalue weighted by atomic mass is 10.1. The van der Waals surface area contributed by atoms with Gasteiger partial charge in [-0.15, -0.1) is 0 Å². The second-order valence-corrected chi connectivity index (χ2v) is 8.42. The van der Waals surface area contributed by atoms with Crippen molar-refractivity contribution in [3.05, 3.63) is 77.2 Å². The first-order valence-corrected chi connectivity index (χ1v) is 11.2. The van der Waals surface area contributed by atoms with Crippen molar-refractivity contribution in [1.82, 2.24) is 19.8 Å². The van der Waals surface area contributed by atoms with Crippen LogP contribution in [0, 0.1) is 5.82 Å². The van der Waals surface area contributed by atoms with Crippen molar-refractivity contribution in [2.75, 3.05) is 44.7 Å². The average Bonchev–Trinajstić information content (AvgIpc) is 2.85. The Hall–Kier alpha value is -3.52. The number of halogens is 1. The predicted molar refractivity (Wildman–Crippen MR) is 123 cm³/mol. The summed E-state index contributed by atoms with van der Waals surface area (Å²) >= 11 is 0. The summed E-state index contributed by atoms with van der Waals surface area (Å²) < 4.78 is 20.4. The fourth-order valence-corrected chi connectivity index (χ4v) is 4.17. The topological polar surface area (TPSA) is 61.8 Å². The third-order valence-corrected chi connectivity index (χ3v) is 6.15. The smallest absolute Gasteiger partial charge is 0.254 e. The number of anilines is 1. The van der Waals surface area contributed by atoms with Crippen molar-refractivity contribution in [1.29, 1.82) is 0 Å². The third-order valence-electron chi connectivity index (χ3n) is 6.15. The third kappa shape index (κ3) is 4.52. The first-order valence-electron chi connectivity index (χ1n) is 11.2. The van der Waals surface area contributed by atoms with Crippen LogP contribution in [-0.2, 0) is 13.0 Å². The first kappa shape index (κ1) is 21.3. The number of para-hydroxylation sites is 1. The Balaban J connectivity index is 1.49. The maximum atomic E-state index is 14.4. The number of ether oxygens (including phenoxy) is 1. The number of amides is 1. The SMILES string of the molecule is CN1CCN(c2nc3c(c(Oc4ccccc4F)n2)CN(C(=O)c2ccccc2)CC3)CC1. The molecule has 1 saturated heterocycles. The molecular formula is C25H26FN5O2. The van der Waals surface area contributed by atoms with Gasteiger partial charge in [0, 0.05) is 44.7 Å². The molecule has 3 heterocycles. The highest BCUT2D eigenvalue weighted by molar-refractivity contribution is 5.94. The molecule has 7 nitrogen and oxygen atoms in total. The second-order valence-electron chi connectivity index (χ2n) is 8.42. The number of likely N-dealkylation sites (N-methyl/N-ethyl adjacent to an activating group) is 1. The van der Waals surface area contributed by atoms with Gasteiger partial charge in [0.1, 0.15) is 0 Å². The van der Waals surface area contributed by atoms with E-state index in [4.69, 9.17) is 14.7 Å². The molecule has 0 atom stereocenters. The molecule has 1 fully saturated rings. The largest absolute Gasteiger partial charge is 0.435 e. The molecule has 3 aromatic rings. The molecule has 0 unspecified atom stereocenters. The zero-order valence-electron chi connectivity index (χ0n) is 18.6. The summed E-state index contributed by atoms with van der Waals surface area (Å²) in [7, 11) is 2.09. The average molecular weight is 448 g/mol. The van der Waals surface area contributed by atoms with E-state index in [0.29, 0.717) is 36.9 Å². The Bertz CT molecular complexity index is 1150. The van der Waals surface area contributed by atoms with Gasteiger partial charge < -0.3 is 19.4 Å². The first-order chi connectivity index (χ1) is 16.1. The number of carbonyl (C=O) groups is 1. The molecule has 2 aliphatic rings. The van der Waals surface area contributed by atoms with Crippen molar-refractivity contribution in [2.24, 2.45) is 0 Å². The number of carbonyl (C=O) groups excluding carboxylic acids is 1. The van der Waals surface area contributed by atoms with E-state index in [9.17, 15) is 9.18 Å². The maximum absolute atomic E-state index is 14.4. The molecular weight excluding hydrogens is 421 g/mol. The van der Waals surface area contributed by atoms with Crippen LogP contribution < -0.4 is 9.64 Å². The Kier molecular flexibility index (Phi) is 5.92. The Morgan fingerprint density at radius 3 is 2.42 bits per heavy atom. The minimum atomic E-state index is -0.459. The molecule has 8 heteroatoms. The van der Waals surface area contributed by atoms with Crippen molar-refractivity contribution >= 4 is 11.9 Å². The Morgan fingerprint density at radius 1 is 0.939 bits per heavy atom. The van der Waals surface area contributed by atoms with Crippen LogP contribution in [-0.4, -0.2) is 65.4 Å². The van der Waals surface area contributed by atoms with Crippen LogP contribution >= 0.6 is 0 Å². The van der Waals surface area contributed by atoms with Crippen LogP contribution in [0.15, 0.2) is 54.6 Å². The van der Waals surface area contributed by atoms with Gasteiger partial charge in [0.15, 0.2) is 11.6 Å². The standard InChI is InChI=1S/C25H26FN5O2/c1-29-13-15-30(16-14-29)25-27-21-11-12-31(24(32)18-7-3-2-4-8-18)17-19(21)23(28-25)33-22-10-6-5-9-20(22)26/h2-10H,11-17H2,1H3. The van der Waals surface area contributed by atoms with Gasteiger partial charge in [-0.3, -0.25) is 4.79 Å². The lowest BCUT2D eigenvalue weighted by molar-refractivity contribution is 0.0732. The van der Waals surface area contributed by atoms with Crippen molar-refractivity contribution < 1.29 is 13.9 Å². The number of benzene rings is 2. The molecule has 2 aromatic carbocycles. The highest BCUT2D eigenvalue weighted by atomic mass is 19.1. The lowest BCUT2D eigenvalue weighted by Crippen LogP contribution is -2.45. The monoisotopic (exact) mass is 447 g/mol. The van der Waals surface area contributed by atoms with Crippen LogP contribution in [0.1, 0.15) is 21.6 Å². The summed E-state index contributed by atoms with van der Waals surface area (Å²) in [6.07, 6.45) is 0.588. The van der Waals surface area contributed by atoms with Gasteiger partial charge in [-0.1, -0.05) is 30.3 Å². The van der Waals surface area contributed by atoms with Crippen LogP contribution in [0.2, 0.25) is 0 Å². The van der Waals surface area contributed by atoms with E-state index in [0.717, 1.165) is 37.4 Å². The molecule has 1 amide bonds. The molecule has 0 spiro atoms. The zero-order valence-corrected chi connectivity index (χ0v) is 18.6. The van der Waals surface area contributed by atoms with E-state index >= 15 is 0 Å². The summed E-state index contributed by atoms with van der Waals surface area (Å²) in [5, 5.41) is 0. The predicted octanol–water partition coefficient (Wildman–Crippen LogP) is 3.36. The summed E-state index contributed by atoms with van der Waals surface area (Å²) in [5.41, 5.74) is 2.21. The van der Waals surface area contributed by atoms with Crippen LogP contribution in [0.25, 0.3) is 0 Å². The number of nitrogens with zero attached hydrogens (tertiary/aromatic N) is 5. The molecule has 5 rings (SSSR count). The molecule has 33 heavy (non-hydrogen) atoms. The van der Waals surface area contributed by atoms with Gasteiger partial charge in [-0.05, 0) is 31.3 Å². The highest BCUT2D eigenvalue weighted by Gasteiger charge is 2.29. The Morgan fingerprint density at radius 2 is 1.67 bits per heavy atom. The fourth-order valence-electron chi connectivity index (χ4n) is 4.17. The molecule has 0 radical (unpaired) electrons. The minimum absolute atomic E-state index is 0.0544. The van der Waals surface area contributed by atoms with Crippen LogP contribution in [0.4, 0.5) is 10.3 Å². The number of aromatic nitrogens is 2. The summed E-state index contributed by atoms with van der Waals surface area (Å²) in [5.74, 6) is 0.495. The lowest BCUT2D eigenvalue weighted by Gasteiger charge is -2.34. The van der Waals surface area contributed by atoms with E-state index in [1.807, 2.05) is 30.3 Å². The van der Waals surface area contributed by atoms with E-state index < -0.39 is 5.82 Å². The van der Waals surface area contributed by atoms with E-state index in [1.54, 1.807) is 23.1 Å². The van der Waals surface area contributed by atoms with Crippen LogP contribution in [0.3, 0.4) is 0 Å². The molecule has 0 N–H and O–H groups in total. The van der Waals surface area contributed by atoms with Crippen LogP contribution in [0.5, 0.6) is 11.6 Å². The van der Waals surface area contributed by atoms with Gasteiger partial charge >= 0.3 is 0 Å². The van der Waals surface area contributed by atoms with E-state index in [2.05, 4.69) is 16.8 Å². The normalized spacial score (nSPS) is 16.4. The maximum Gasteiger partial charge on any atom is 0.254 e. The van der Waals surface area contributed by atoms with E-state index in [-0.39, 0.29) is 11.7 Å². The molecule has 170 valence electrons. The second kappa shape index (κ2) is 9.15. The number of fused-ring (bicyclic) bond motifs is 1. The van der Waals surface area contributed by atoms with Gasteiger partial charge in [0.05, 0.1) is 17.8 Å². The van der Waals surface area contributed by atoms with Gasteiger partial charge in [-0.25, -0.2) is 9.37 Å². The minimum Gasteiger partial charge on any atom is -0.435 e. The summed E-state index contributed by atoms with van der Waals surface area (Å²) in [6.45, 7) is 4.33. The van der Waals surface area contributed by atoms with Crippen molar-refractivity contribution in [3.8, 4) is 11.6 Å². The molecule has 0 saturated carbocycles. The zero-order chi connectivity index (χ0) is 22.8. The highest BCUT2D eigenvalue weighted by Crippen LogP contribution is 2.33. The van der Waals surface area contributed by atoms with Gasteiger partial charge in [0.25, 0.3) is 5.91 Å².